The minimum atomic E-state index is -3.06. The summed E-state index contributed by atoms with van der Waals surface area (Å²) in [4.78, 5) is 26.0. The van der Waals surface area contributed by atoms with Gasteiger partial charge in [-0.2, -0.15) is 0 Å². The van der Waals surface area contributed by atoms with E-state index in [1.54, 1.807) is 31.2 Å². The summed E-state index contributed by atoms with van der Waals surface area (Å²) >= 11 is 5.87. The van der Waals surface area contributed by atoms with E-state index in [4.69, 9.17) is 16.3 Å². The van der Waals surface area contributed by atoms with E-state index in [0.29, 0.717) is 10.7 Å². The fourth-order valence-corrected chi connectivity index (χ4v) is 4.23. The topological polar surface area (TPSA) is 80.8 Å². The van der Waals surface area contributed by atoms with Crippen molar-refractivity contribution in [1.29, 1.82) is 0 Å². The molecule has 0 atom stereocenters. The van der Waals surface area contributed by atoms with E-state index in [1.165, 1.54) is 4.90 Å². The van der Waals surface area contributed by atoms with Gasteiger partial charge in [-0.15, -0.1) is 0 Å². The number of hydrogen-bond acceptors (Lipinski definition) is 5. The number of esters is 1. The molecule has 132 valence electrons. The quantitative estimate of drug-likeness (QED) is 0.738. The maximum absolute atomic E-state index is 12.8. The van der Waals surface area contributed by atoms with Crippen LogP contribution >= 0.6 is 11.6 Å². The van der Waals surface area contributed by atoms with Crippen molar-refractivity contribution in [3.8, 4) is 0 Å². The van der Waals surface area contributed by atoms with Gasteiger partial charge in [0, 0.05) is 16.6 Å². The molecule has 1 aliphatic heterocycles. The van der Waals surface area contributed by atoms with Gasteiger partial charge in [-0.05, 0) is 44.0 Å². The van der Waals surface area contributed by atoms with Crippen LogP contribution in [0.2, 0.25) is 5.02 Å². The van der Waals surface area contributed by atoms with E-state index in [0.717, 1.165) is 0 Å². The molecule has 0 N–H and O–H groups in total. The van der Waals surface area contributed by atoms with Crippen molar-refractivity contribution in [1.82, 2.24) is 0 Å². The molecule has 0 saturated carbocycles. The first-order valence-corrected chi connectivity index (χ1v) is 9.95. The zero-order valence-electron chi connectivity index (χ0n) is 13.4. The highest BCUT2D eigenvalue weighted by molar-refractivity contribution is 7.91. The lowest BCUT2D eigenvalue weighted by Crippen LogP contribution is -2.42. The van der Waals surface area contributed by atoms with Gasteiger partial charge in [0.2, 0.25) is 5.91 Å². The second-order valence-corrected chi connectivity index (χ2v) is 8.37. The number of sulfone groups is 1. The van der Waals surface area contributed by atoms with Gasteiger partial charge >= 0.3 is 5.97 Å². The lowest BCUT2D eigenvalue weighted by molar-refractivity contribution is -0.142. The third-order valence-electron chi connectivity index (χ3n) is 3.90. The third-order valence-corrected chi connectivity index (χ3v) is 5.87. The van der Waals surface area contributed by atoms with Crippen LogP contribution in [0.15, 0.2) is 24.3 Å². The van der Waals surface area contributed by atoms with Crippen LogP contribution in [-0.4, -0.2) is 45.0 Å². The van der Waals surface area contributed by atoms with Crippen LogP contribution < -0.4 is 4.90 Å². The van der Waals surface area contributed by atoms with Gasteiger partial charge in [-0.3, -0.25) is 9.59 Å². The number of amides is 1. The molecule has 1 aromatic rings. The first-order valence-electron chi connectivity index (χ1n) is 7.75. The van der Waals surface area contributed by atoms with Gasteiger partial charge in [-0.25, -0.2) is 8.42 Å². The van der Waals surface area contributed by atoms with Crippen LogP contribution in [0.1, 0.15) is 19.8 Å². The molecule has 0 aliphatic carbocycles. The first-order chi connectivity index (χ1) is 11.3. The van der Waals surface area contributed by atoms with Crippen molar-refractivity contribution in [2.24, 2.45) is 5.92 Å². The minimum Gasteiger partial charge on any atom is -0.465 e. The SMILES string of the molecule is CCOC(=O)CN(C(=O)C1CCS(=O)(=O)CC1)c1ccc(Cl)cc1. The molecule has 0 aromatic heterocycles. The Labute approximate surface area is 146 Å². The minimum absolute atomic E-state index is 0.00271. The van der Waals surface area contributed by atoms with Gasteiger partial charge in [0.05, 0.1) is 18.1 Å². The Hall–Kier alpha value is -1.60. The molecule has 0 spiro atoms. The van der Waals surface area contributed by atoms with Gasteiger partial charge < -0.3 is 9.64 Å². The van der Waals surface area contributed by atoms with E-state index in [1.807, 2.05) is 0 Å². The largest absolute Gasteiger partial charge is 0.465 e. The second kappa shape index (κ2) is 7.98. The van der Waals surface area contributed by atoms with Crippen molar-refractivity contribution < 1.29 is 22.7 Å². The summed E-state index contributed by atoms with van der Waals surface area (Å²) in [7, 11) is -3.06. The number of halogens is 1. The molecule has 1 amide bonds. The average molecular weight is 374 g/mol. The standard InChI is InChI=1S/C16H20ClNO5S/c1-2-23-15(19)11-18(14-5-3-13(17)4-6-14)16(20)12-7-9-24(21,22)10-8-12/h3-6,12H,2,7-11H2,1H3. The first kappa shape index (κ1) is 18.7. The fraction of sp³-hybridized carbons (Fsp3) is 0.500. The molecule has 0 radical (unpaired) electrons. The summed E-state index contributed by atoms with van der Waals surface area (Å²) in [6.45, 7) is 1.71. The molecule has 1 fully saturated rings. The highest BCUT2D eigenvalue weighted by Gasteiger charge is 2.32. The van der Waals surface area contributed by atoms with Gasteiger partial charge in [0.1, 0.15) is 16.4 Å². The number of ether oxygens (including phenoxy) is 1. The van der Waals surface area contributed by atoms with Crippen molar-refractivity contribution in [2.75, 3.05) is 29.6 Å². The molecule has 0 unspecified atom stereocenters. The Morgan fingerprint density at radius 1 is 1.21 bits per heavy atom. The molecular formula is C16H20ClNO5S. The molecule has 8 heteroatoms. The summed E-state index contributed by atoms with van der Waals surface area (Å²) < 4.78 is 28.0. The highest BCUT2D eigenvalue weighted by Crippen LogP contribution is 2.25. The van der Waals surface area contributed by atoms with Crippen LogP contribution in [0.5, 0.6) is 0 Å². The summed E-state index contributed by atoms with van der Waals surface area (Å²) in [6, 6.07) is 6.57. The molecule has 6 nitrogen and oxygen atoms in total. The molecule has 24 heavy (non-hydrogen) atoms. The second-order valence-electron chi connectivity index (χ2n) is 5.63. The smallest absolute Gasteiger partial charge is 0.326 e. The Morgan fingerprint density at radius 3 is 2.33 bits per heavy atom. The van der Waals surface area contributed by atoms with Crippen LogP contribution in [-0.2, 0) is 24.2 Å². The van der Waals surface area contributed by atoms with E-state index in [-0.39, 0.29) is 43.4 Å². The predicted molar refractivity (Wildman–Crippen MR) is 91.8 cm³/mol. The summed E-state index contributed by atoms with van der Waals surface area (Å²) in [5, 5.41) is 0.519. The number of rotatable bonds is 5. The molecule has 0 bridgehead atoms. The van der Waals surface area contributed by atoms with Gasteiger partial charge in [-0.1, -0.05) is 11.6 Å². The normalized spacial score (nSPS) is 17.2. The van der Waals surface area contributed by atoms with E-state index in [9.17, 15) is 18.0 Å². The summed E-state index contributed by atoms with van der Waals surface area (Å²) in [6.07, 6.45) is 0.544. The monoisotopic (exact) mass is 373 g/mol. The van der Waals surface area contributed by atoms with Crippen molar-refractivity contribution in [3.05, 3.63) is 29.3 Å². The van der Waals surface area contributed by atoms with Gasteiger partial charge in [0.15, 0.2) is 0 Å². The van der Waals surface area contributed by atoms with E-state index < -0.39 is 21.7 Å². The Kier molecular flexibility index (Phi) is 6.23. The van der Waals surface area contributed by atoms with Crippen molar-refractivity contribution in [2.45, 2.75) is 19.8 Å². The lowest BCUT2D eigenvalue weighted by atomic mass is 10.0. The Morgan fingerprint density at radius 2 is 1.79 bits per heavy atom. The molecule has 1 saturated heterocycles. The third kappa shape index (κ3) is 4.95. The average Bonchev–Trinajstić information content (AvgIpc) is 2.53. The molecule has 2 rings (SSSR count). The summed E-state index contributed by atoms with van der Waals surface area (Å²) in [5.74, 6) is -1.20. The maximum Gasteiger partial charge on any atom is 0.326 e. The van der Waals surface area contributed by atoms with Crippen molar-refractivity contribution in [3.63, 3.8) is 0 Å². The van der Waals surface area contributed by atoms with Crippen LogP contribution in [0, 0.1) is 5.92 Å². The van der Waals surface area contributed by atoms with E-state index in [2.05, 4.69) is 0 Å². The maximum atomic E-state index is 12.8. The number of carbonyl (C=O) groups excluding carboxylic acids is 2. The van der Waals surface area contributed by atoms with Crippen LogP contribution in [0.4, 0.5) is 5.69 Å². The van der Waals surface area contributed by atoms with Crippen LogP contribution in [0.3, 0.4) is 0 Å². The Balaban J connectivity index is 2.19. The van der Waals surface area contributed by atoms with Crippen LogP contribution in [0.25, 0.3) is 0 Å². The number of nitrogens with zero attached hydrogens (tertiary/aromatic N) is 1. The molecule has 1 aliphatic rings. The number of anilines is 1. The molecule has 1 aromatic carbocycles. The number of hydrogen-bond donors (Lipinski definition) is 0. The zero-order chi connectivity index (χ0) is 17.7. The zero-order valence-corrected chi connectivity index (χ0v) is 15.0. The number of benzene rings is 1. The lowest BCUT2D eigenvalue weighted by Gasteiger charge is -2.28. The Bertz CT molecular complexity index is 688. The fourth-order valence-electron chi connectivity index (χ4n) is 2.61. The predicted octanol–water partition coefficient (Wildman–Crippen LogP) is 2.06. The summed E-state index contributed by atoms with van der Waals surface area (Å²) in [5.41, 5.74) is 0.533. The highest BCUT2D eigenvalue weighted by atomic mass is 35.5. The van der Waals surface area contributed by atoms with E-state index >= 15 is 0 Å². The number of carbonyl (C=O) groups is 2. The van der Waals surface area contributed by atoms with Gasteiger partial charge in [0.25, 0.3) is 0 Å². The molecular weight excluding hydrogens is 354 g/mol. The molecule has 1 heterocycles. The van der Waals surface area contributed by atoms with Crippen molar-refractivity contribution >= 4 is 39.0 Å².